The summed E-state index contributed by atoms with van der Waals surface area (Å²) in [5.41, 5.74) is -0.279. The number of carboxylic acids is 1. The van der Waals surface area contributed by atoms with Crippen molar-refractivity contribution in [2.24, 2.45) is 17.8 Å². The van der Waals surface area contributed by atoms with Crippen LogP contribution in [0.5, 0.6) is 5.75 Å². The fourth-order valence-electron chi connectivity index (χ4n) is 8.03. The Kier molecular flexibility index (Phi) is 24.2. The van der Waals surface area contributed by atoms with E-state index in [1.807, 2.05) is 13.8 Å². The van der Waals surface area contributed by atoms with Gasteiger partial charge in [-0.1, -0.05) is 54.0 Å². The van der Waals surface area contributed by atoms with Crippen molar-refractivity contribution in [2.75, 3.05) is 27.8 Å². The molecule has 1 aromatic carbocycles. The molecule has 0 saturated carbocycles. The van der Waals surface area contributed by atoms with Gasteiger partial charge in [-0.05, 0) is 56.2 Å². The standard InChI is InChI=1S/C49H76N4O19/c1-17-27(6)40(35(64-16)21-37(58)59)52(14)45(61)38(25(2)3)51-44(60)39(26(4)5)53(15)48(63)66-23-32-18-19-34(33(20-32)22-50-47(62)72-49(11,12)13)70-46-43(69-31(10)57)42(68-30(9)56)41(67-29(8)55)36(71-46)24-65-28(7)54/h18-20,25-27,35-36,38-43,46H,17,21-24H2,1-16H3,(H,50,62)(H,51,60)(H,58,59)/t27-,35+,36+,38-,39-,40-,41-,42-,43+,46?/m0/s1. The highest BCUT2D eigenvalue weighted by atomic mass is 16.7. The minimum Gasteiger partial charge on any atom is -0.481 e. The number of benzene rings is 1. The highest BCUT2D eigenvalue weighted by Gasteiger charge is 2.53. The number of methoxy groups -OCH3 is 1. The smallest absolute Gasteiger partial charge is 0.410 e. The molecule has 1 heterocycles. The first-order chi connectivity index (χ1) is 33.4. The third-order valence-corrected chi connectivity index (χ3v) is 11.4. The van der Waals surface area contributed by atoms with Crippen LogP contribution in [-0.2, 0) is 84.6 Å². The molecule has 0 aromatic heterocycles. The van der Waals surface area contributed by atoms with E-state index in [-0.39, 0.29) is 36.8 Å². The van der Waals surface area contributed by atoms with E-state index < -0.39 is 133 Å². The van der Waals surface area contributed by atoms with Crippen LogP contribution in [0.15, 0.2) is 18.2 Å². The van der Waals surface area contributed by atoms with Gasteiger partial charge in [0, 0.05) is 61.0 Å². The number of aliphatic carboxylic acids is 1. The quantitative estimate of drug-likeness (QED) is 0.0962. The average molecular weight is 1030 g/mol. The lowest BCUT2D eigenvalue weighted by molar-refractivity contribution is -0.288. The Balaban J connectivity index is 2.53. The first-order valence-electron chi connectivity index (χ1n) is 23.7. The van der Waals surface area contributed by atoms with E-state index in [2.05, 4.69) is 10.6 Å². The number of amides is 4. The van der Waals surface area contributed by atoms with Gasteiger partial charge in [0.05, 0.1) is 18.6 Å². The summed E-state index contributed by atoms with van der Waals surface area (Å²) < 4.78 is 50.8. The molecule has 2 rings (SSSR count). The van der Waals surface area contributed by atoms with E-state index in [4.69, 9.17) is 42.6 Å². The van der Waals surface area contributed by atoms with E-state index in [1.165, 1.54) is 37.3 Å². The summed E-state index contributed by atoms with van der Waals surface area (Å²) in [7, 11) is 4.31. The van der Waals surface area contributed by atoms with Gasteiger partial charge < -0.3 is 63.3 Å². The van der Waals surface area contributed by atoms with Crippen molar-refractivity contribution < 1.29 is 90.9 Å². The van der Waals surface area contributed by atoms with Crippen molar-refractivity contribution in [1.29, 1.82) is 0 Å². The summed E-state index contributed by atoms with van der Waals surface area (Å²) >= 11 is 0. The second-order valence-corrected chi connectivity index (χ2v) is 19.3. The number of likely N-dealkylation sites (N-methyl/N-ethyl adjacent to an activating group) is 2. The lowest BCUT2D eigenvalue weighted by Gasteiger charge is -2.44. The number of rotatable bonds is 24. The second-order valence-electron chi connectivity index (χ2n) is 19.3. The minimum absolute atomic E-state index is 0.00527. The van der Waals surface area contributed by atoms with Gasteiger partial charge in [-0.25, -0.2) is 9.59 Å². The number of carbonyl (C=O) groups excluding carboxylic acids is 8. The summed E-state index contributed by atoms with van der Waals surface area (Å²) in [6.07, 6.45) is -9.81. The summed E-state index contributed by atoms with van der Waals surface area (Å²) in [5.74, 6) is -6.53. The van der Waals surface area contributed by atoms with Crippen LogP contribution in [0, 0.1) is 17.8 Å². The average Bonchev–Trinajstić information content (AvgIpc) is 3.26. The van der Waals surface area contributed by atoms with Crippen LogP contribution < -0.4 is 15.4 Å². The highest BCUT2D eigenvalue weighted by Crippen LogP contribution is 2.33. The lowest BCUT2D eigenvalue weighted by Crippen LogP contribution is -2.63. The third-order valence-electron chi connectivity index (χ3n) is 11.4. The minimum atomic E-state index is -1.63. The van der Waals surface area contributed by atoms with Crippen molar-refractivity contribution in [3.8, 4) is 5.75 Å². The zero-order valence-electron chi connectivity index (χ0n) is 44.4. The first-order valence-corrected chi connectivity index (χ1v) is 23.7. The predicted molar refractivity (Wildman–Crippen MR) is 255 cm³/mol. The van der Waals surface area contributed by atoms with E-state index in [9.17, 15) is 48.3 Å². The van der Waals surface area contributed by atoms with Crippen molar-refractivity contribution >= 4 is 53.8 Å². The van der Waals surface area contributed by atoms with Crippen molar-refractivity contribution in [2.45, 2.75) is 177 Å². The number of nitrogens with zero attached hydrogens (tertiary/aromatic N) is 2. The fraction of sp³-hybridized carbons (Fsp3) is 0.694. The van der Waals surface area contributed by atoms with Crippen LogP contribution in [0.4, 0.5) is 9.59 Å². The molecular weight excluding hydrogens is 949 g/mol. The molecule has 23 heteroatoms. The van der Waals surface area contributed by atoms with Gasteiger partial charge >= 0.3 is 42.0 Å². The summed E-state index contributed by atoms with van der Waals surface area (Å²) in [4.78, 5) is 118. The van der Waals surface area contributed by atoms with E-state index in [0.717, 1.165) is 32.6 Å². The maximum absolute atomic E-state index is 14.2. The summed E-state index contributed by atoms with van der Waals surface area (Å²) in [6.45, 7) is 18.9. The SMILES string of the molecule is CC[C@H](C)[C@@H]([C@@H](CC(=O)O)OC)N(C)C(=O)[C@@H](NC(=O)[C@H](C(C)C)N(C)C(=O)OCc1ccc(OC2O[C@H](COC(C)=O)[C@H](OC(C)=O)[C@H](OC(C)=O)[C@H]2OC(C)=O)c(CNC(=O)OC(C)(C)C)c1)C(C)C. The molecule has 72 heavy (non-hydrogen) atoms. The van der Waals surface area contributed by atoms with Crippen LogP contribution in [0.25, 0.3) is 0 Å². The van der Waals surface area contributed by atoms with E-state index in [0.29, 0.717) is 12.0 Å². The third kappa shape index (κ3) is 19.1. The number of esters is 4. The monoisotopic (exact) mass is 1020 g/mol. The summed E-state index contributed by atoms with van der Waals surface area (Å²) in [5, 5.41) is 15.0. The molecule has 0 spiro atoms. The van der Waals surface area contributed by atoms with Gasteiger partial charge in [0.15, 0.2) is 12.2 Å². The molecular formula is C49H76N4O19. The maximum Gasteiger partial charge on any atom is 0.410 e. The molecule has 0 aliphatic carbocycles. The Morgan fingerprint density at radius 1 is 0.792 bits per heavy atom. The number of alkyl carbamates (subject to hydrolysis) is 1. The van der Waals surface area contributed by atoms with Crippen LogP contribution in [0.1, 0.15) is 114 Å². The second kappa shape index (κ2) is 28.1. The van der Waals surface area contributed by atoms with E-state index in [1.54, 1.807) is 55.5 Å². The number of hydrogen-bond acceptors (Lipinski definition) is 18. The number of carboxylic acid groups (broad SMARTS) is 1. The molecule has 406 valence electrons. The molecule has 0 radical (unpaired) electrons. The Hall–Kier alpha value is -6.23. The topological polar surface area (TPSA) is 287 Å². The fourth-order valence-corrected chi connectivity index (χ4v) is 8.03. The molecule has 1 aliphatic rings. The molecule has 0 bridgehead atoms. The van der Waals surface area contributed by atoms with Gasteiger partial charge in [-0.3, -0.25) is 38.5 Å². The maximum atomic E-state index is 14.2. The molecule has 1 saturated heterocycles. The largest absolute Gasteiger partial charge is 0.481 e. The van der Waals surface area contributed by atoms with E-state index >= 15 is 0 Å². The van der Waals surface area contributed by atoms with Gasteiger partial charge in [0.1, 0.15) is 42.8 Å². The zero-order chi connectivity index (χ0) is 54.9. The predicted octanol–water partition coefficient (Wildman–Crippen LogP) is 4.27. The molecule has 1 aromatic rings. The highest BCUT2D eigenvalue weighted by molar-refractivity contribution is 5.91. The first kappa shape index (κ1) is 61.9. The normalized spacial score (nSPS) is 19.8. The number of ether oxygens (including phenoxy) is 9. The number of nitrogens with one attached hydrogen (secondary N) is 2. The van der Waals surface area contributed by atoms with Crippen LogP contribution in [-0.4, -0.2) is 157 Å². The molecule has 4 amide bonds. The zero-order valence-corrected chi connectivity index (χ0v) is 44.4. The van der Waals surface area contributed by atoms with Crippen LogP contribution >= 0.6 is 0 Å². The Bertz CT molecular complexity index is 2060. The van der Waals surface area contributed by atoms with Crippen molar-refractivity contribution in [3.63, 3.8) is 0 Å². The van der Waals surface area contributed by atoms with Crippen molar-refractivity contribution in [1.82, 2.24) is 20.4 Å². The van der Waals surface area contributed by atoms with Gasteiger partial charge in [0.25, 0.3) is 0 Å². The van der Waals surface area contributed by atoms with Crippen LogP contribution in [0.3, 0.4) is 0 Å². The Morgan fingerprint density at radius 2 is 1.38 bits per heavy atom. The van der Waals surface area contributed by atoms with Gasteiger partial charge in [-0.15, -0.1) is 0 Å². The molecule has 10 atom stereocenters. The number of carbonyl (C=O) groups is 9. The Labute approximate surface area is 421 Å². The molecule has 23 nitrogen and oxygen atoms in total. The molecule has 1 fully saturated rings. The Morgan fingerprint density at radius 3 is 1.88 bits per heavy atom. The lowest BCUT2D eigenvalue weighted by atomic mass is 9.90. The van der Waals surface area contributed by atoms with Gasteiger partial charge in [0.2, 0.25) is 24.2 Å². The van der Waals surface area contributed by atoms with Crippen molar-refractivity contribution in [3.05, 3.63) is 29.3 Å². The van der Waals surface area contributed by atoms with Crippen LogP contribution in [0.2, 0.25) is 0 Å². The van der Waals surface area contributed by atoms with Gasteiger partial charge in [-0.2, -0.15) is 0 Å². The molecule has 1 aliphatic heterocycles. The number of hydrogen-bond donors (Lipinski definition) is 3. The summed E-state index contributed by atoms with van der Waals surface area (Å²) in [6, 6.07) is 1.61. The molecule has 1 unspecified atom stereocenters. The molecule has 3 N–H and O–H groups in total.